The van der Waals surface area contributed by atoms with Crippen molar-refractivity contribution in [1.82, 2.24) is 34.8 Å². The van der Waals surface area contributed by atoms with Crippen molar-refractivity contribution < 1.29 is 4.79 Å². The predicted molar refractivity (Wildman–Crippen MR) is 148 cm³/mol. The third kappa shape index (κ3) is 2.96. The van der Waals surface area contributed by atoms with Crippen LogP contribution in [0.4, 0.5) is 0 Å². The number of amides is 1. The van der Waals surface area contributed by atoms with Crippen LogP contribution in [0.2, 0.25) is 0 Å². The molecule has 6 aromatic rings. The van der Waals surface area contributed by atoms with Gasteiger partial charge in [0.2, 0.25) is 6.41 Å². The summed E-state index contributed by atoms with van der Waals surface area (Å²) in [5.74, 6) is 1.40. The fourth-order valence-corrected chi connectivity index (χ4v) is 6.60. The lowest BCUT2D eigenvalue weighted by Gasteiger charge is -2.18. The topological polar surface area (TPSA) is 129 Å². The second-order valence-corrected chi connectivity index (χ2v) is 10.5. The summed E-state index contributed by atoms with van der Waals surface area (Å²) in [7, 11) is 0. The molecule has 8 rings (SSSR count). The first kappa shape index (κ1) is 22.1. The molecule has 9 nitrogen and oxygen atoms in total. The van der Waals surface area contributed by atoms with Crippen molar-refractivity contribution in [1.29, 1.82) is 0 Å². The average Bonchev–Trinajstić information content (AvgIpc) is 3.51. The van der Waals surface area contributed by atoms with Gasteiger partial charge in [0, 0.05) is 19.1 Å². The zero-order valence-corrected chi connectivity index (χ0v) is 20.9. The van der Waals surface area contributed by atoms with Crippen LogP contribution in [0.1, 0.15) is 11.4 Å². The van der Waals surface area contributed by atoms with Crippen LogP contribution in [0.3, 0.4) is 0 Å². The van der Waals surface area contributed by atoms with Crippen LogP contribution < -0.4 is 5.73 Å². The van der Waals surface area contributed by atoms with Crippen LogP contribution in [0, 0.1) is 0 Å². The van der Waals surface area contributed by atoms with Crippen LogP contribution in [0.15, 0.2) is 84.9 Å². The van der Waals surface area contributed by atoms with Gasteiger partial charge in [-0.2, -0.15) is 0 Å². The SMILES string of the molecule is NC1C2(c3cccc(-c4nc5ccccc5[nH]4)n3)CN(C=O)CC12c1cccc(-c2nc3ccccc3[nH]2)n1. The first-order chi connectivity index (χ1) is 19.1. The van der Waals surface area contributed by atoms with E-state index in [4.69, 9.17) is 25.7 Å². The highest BCUT2D eigenvalue weighted by Gasteiger charge is 2.82. The van der Waals surface area contributed by atoms with Gasteiger partial charge in [0.15, 0.2) is 11.6 Å². The maximum Gasteiger partial charge on any atom is 0.209 e. The number of nitrogens with one attached hydrogen (secondary N) is 2. The Bertz CT molecular complexity index is 1710. The zero-order valence-electron chi connectivity index (χ0n) is 20.9. The van der Waals surface area contributed by atoms with E-state index in [9.17, 15) is 4.79 Å². The summed E-state index contributed by atoms with van der Waals surface area (Å²) >= 11 is 0. The van der Waals surface area contributed by atoms with E-state index in [1.165, 1.54) is 0 Å². The lowest BCUT2D eigenvalue weighted by Crippen LogP contribution is -2.35. The summed E-state index contributed by atoms with van der Waals surface area (Å²) in [5.41, 5.74) is 12.7. The molecule has 4 aromatic heterocycles. The fourth-order valence-electron chi connectivity index (χ4n) is 6.60. The molecular weight excluding hydrogens is 488 g/mol. The molecular formula is C30H24N8O. The number of pyridine rings is 2. The van der Waals surface area contributed by atoms with Gasteiger partial charge < -0.3 is 20.6 Å². The Morgan fingerprint density at radius 3 is 1.64 bits per heavy atom. The standard InChI is InChI=1S/C30H24N8O/c31-28-29(24-13-5-11-22(32-24)26-34-18-7-1-2-8-19(18)35-26)15-38(17-39)16-30(28,29)25-14-6-12-23(33-25)27-36-20-9-3-4-10-21(20)37-27/h1-14,17,28H,15-16,31H2,(H,34,35)(H,36,37). The van der Waals surface area contributed by atoms with Crippen LogP contribution in [0.5, 0.6) is 0 Å². The molecule has 4 N–H and O–H groups in total. The largest absolute Gasteiger partial charge is 0.343 e. The maximum atomic E-state index is 12.0. The minimum absolute atomic E-state index is 0.252. The van der Waals surface area contributed by atoms with E-state index in [0.29, 0.717) is 24.7 Å². The highest BCUT2D eigenvalue weighted by Crippen LogP contribution is 2.67. The fraction of sp³-hybridized carbons (Fsp3) is 0.167. The number of carbonyl (C=O) groups excluding carboxylic acids is 1. The smallest absolute Gasteiger partial charge is 0.209 e. The Labute approximate surface area is 223 Å². The van der Waals surface area contributed by atoms with Gasteiger partial charge in [-0.05, 0) is 48.5 Å². The summed E-state index contributed by atoms with van der Waals surface area (Å²) in [4.78, 5) is 40.2. The first-order valence-electron chi connectivity index (χ1n) is 12.9. The molecule has 0 bridgehead atoms. The minimum Gasteiger partial charge on any atom is -0.343 e. The van der Waals surface area contributed by atoms with Crippen molar-refractivity contribution >= 4 is 28.5 Å². The molecule has 2 atom stereocenters. The molecule has 1 saturated heterocycles. The number of para-hydroxylation sites is 4. The van der Waals surface area contributed by atoms with E-state index < -0.39 is 10.8 Å². The molecule has 9 heteroatoms. The van der Waals surface area contributed by atoms with Gasteiger partial charge in [0.25, 0.3) is 0 Å². The first-order valence-corrected chi connectivity index (χ1v) is 12.9. The van der Waals surface area contributed by atoms with Crippen LogP contribution in [-0.4, -0.2) is 60.3 Å². The molecule has 2 fully saturated rings. The Morgan fingerprint density at radius 2 is 1.18 bits per heavy atom. The number of piperidine rings is 1. The highest BCUT2D eigenvalue weighted by atomic mass is 16.1. The van der Waals surface area contributed by atoms with Crippen molar-refractivity contribution in [3.8, 4) is 23.0 Å². The number of likely N-dealkylation sites (tertiary alicyclic amines) is 1. The Morgan fingerprint density at radius 1 is 0.692 bits per heavy atom. The zero-order chi connectivity index (χ0) is 26.2. The van der Waals surface area contributed by atoms with E-state index in [0.717, 1.165) is 51.3 Å². The number of hydrogen-bond donors (Lipinski definition) is 3. The third-order valence-corrected chi connectivity index (χ3v) is 8.50. The predicted octanol–water partition coefficient (Wildman–Crippen LogP) is 3.55. The quantitative estimate of drug-likeness (QED) is 0.303. The molecule has 2 aliphatic rings. The normalized spacial score (nSPS) is 23.8. The average molecular weight is 513 g/mol. The summed E-state index contributed by atoms with van der Waals surface area (Å²) < 4.78 is 0. The molecule has 2 unspecified atom stereocenters. The van der Waals surface area contributed by atoms with Gasteiger partial charge >= 0.3 is 0 Å². The maximum absolute atomic E-state index is 12.0. The molecule has 1 aliphatic heterocycles. The molecule has 2 aromatic carbocycles. The van der Waals surface area contributed by atoms with Gasteiger partial charge in [-0.3, -0.25) is 4.79 Å². The van der Waals surface area contributed by atoms with Gasteiger partial charge in [0.1, 0.15) is 11.4 Å². The molecule has 0 radical (unpaired) electrons. The van der Waals surface area contributed by atoms with Gasteiger partial charge in [-0.15, -0.1) is 0 Å². The van der Waals surface area contributed by atoms with Crippen molar-refractivity contribution in [2.75, 3.05) is 13.1 Å². The summed E-state index contributed by atoms with van der Waals surface area (Å²) in [6.45, 7) is 0.954. The van der Waals surface area contributed by atoms with E-state index in [-0.39, 0.29) is 6.04 Å². The van der Waals surface area contributed by atoms with Crippen molar-refractivity contribution in [2.45, 2.75) is 16.9 Å². The lowest BCUT2D eigenvalue weighted by molar-refractivity contribution is -0.117. The summed E-state index contributed by atoms with van der Waals surface area (Å²) in [6.07, 6.45) is 0.897. The van der Waals surface area contributed by atoms with Crippen molar-refractivity contribution in [3.63, 3.8) is 0 Å². The molecule has 190 valence electrons. The Balaban J connectivity index is 1.23. The number of rotatable bonds is 5. The molecule has 0 spiro atoms. The monoisotopic (exact) mass is 512 g/mol. The number of H-pyrrole nitrogens is 2. The number of aromatic nitrogens is 6. The third-order valence-electron chi connectivity index (χ3n) is 8.50. The summed E-state index contributed by atoms with van der Waals surface area (Å²) in [5, 5.41) is 0. The molecule has 1 saturated carbocycles. The molecule has 1 aliphatic carbocycles. The molecule has 39 heavy (non-hydrogen) atoms. The second kappa shape index (κ2) is 7.81. The summed E-state index contributed by atoms with van der Waals surface area (Å²) in [6, 6.07) is 27.4. The number of aromatic amines is 2. The van der Waals surface area contributed by atoms with E-state index in [1.807, 2.05) is 84.9 Å². The van der Waals surface area contributed by atoms with Gasteiger partial charge in [0.05, 0.1) is 44.3 Å². The molecule has 5 heterocycles. The van der Waals surface area contributed by atoms with Crippen molar-refractivity contribution in [3.05, 3.63) is 96.3 Å². The van der Waals surface area contributed by atoms with Gasteiger partial charge in [-0.25, -0.2) is 19.9 Å². The number of benzene rings is 2. The van der Waals surface area contributed by atoms with Crippen LogP contribution in [0.25, 0.3) is 45.1 Å². The van der Waals surface area contributed by atoms with Crippen LogP contribution in [-0.2, 0) is 15.6 Å². The number of nitrogens with two attached hydrogens (primary N) is 1. The number of imidazole rings is 2. The lowest BCUT2D eigenvalue weighted by atomic mass is 9.89. The van der Waals surface area contributed by atoms with E-state index in [2.05, 4.69) is 9.97 Å². The number of nitrogens with zero attached hydrogens (tertiary/aromatic N) is 5. The van der Waals surface area contributed by atoms with Crippen LogP contribution >= 0.6 is 0 Å². The Kier molecular flexibility index (Phi) is 4.43. The van der Waals surface area contributed by atoms with E-state index >= 15 is 0 Å². The second-order valence-electron chi connectivity index (χ2n) is 10.5. The number of fused-ring (bicyclic) bond motifs is 3. The Hall–Kier alpha value is -4.89. The highest BCUT2D eigenvalue weighted by molar-refractivity contribution is 5.79. The van der Waals surface area contributed by atoms with Crippen molar-refractivity contribution in [2.24, 2.45) is 5.73 Å². The minimum atomic E-state index is -0.560. The number of carbonyl (C=O) groups is 1. The number of hydrogen-bond acceptors (Lipinski definition) is 6. The molecule has 1 amide bonds. The van der Waals surface area contributed by atoms with E-state index in [1.54, 1.807) is 4.90 Å². The van der Waals surface area contributed by atoms with Gasteiger partial charge in [-0.1, -0.05) is 36.4 Å².